The number of amides is 1. The molecule has 0 aromatic heterocycles. The third kappa shape index (κ3) is 3.48. The van der Waals surface area contributed by atoms with Crippen molar-refractivity contribution in [1.82, 2.24) is 0 Å². The van der Waals surface area contributed by atoms with Crippen molar-refractivity contribution in [3.8, 4) is 5.75 Å². The van der Waals surface area contributed by atoms with E-state index in [0.29, 0.717) is 29.2 Å². The molecular formula is C20H20ClN3O2. The minimum atomic E-state index is -0.564. The fraction of sp³-hybridized carbons (Fsp3) is 0.250. The van der Waals surface area contributed by atoms with Crippen molar-refractivity contribution < 1.29 is 9.90 Å². The van der Waals surface area contributed by atoms with Gasteiger partial charge in [0.15, 0.2) is 0 Å². The minimum Gasteiger partial charge on any atom is -0.508 e. The minimum absolute atomic E-state index is 0.0122. The van der Waals surface area contributed by atoms with E-state index < -0.39 is 5.92 Å². The summed E-state index contributed by atoms with van der Waals surface area (Å²) in [5.41, 5.74) is 2.08. The summed E-state index contributed by atoms with van der Waals surface area (Å²) >= 11 is 6.20. The number of anilines is 1. The number of aromatic hydroxyl groups is 1. The predicted octanol–water partition coefficient (Wildman–Crippen LogP) is 4.02. The first kappa shape index (κ1) is 18.1. The Morgan fingerprint density at radius 1 is 1.23 bits per heavy atom. The lowest BCUT2D eigenvalue weighted by molar-refractivity contribution is -0.120. The van der Waals surface area contributed by atoms with Crippen molar-refractivity contribution in [2.75, 3.05) is 11.4 Å². The van der Waals surface area contributed by atoms with E-state index in [1.165, 1.54) is 6.07 Å². The van der Waals surface area contributed by atoms with Gasteiger partial charge in [0.25, 0.3) is 0 Å². The van der Waals surface area contributed by atoms with Crippen LogP contribution in [0.25, 0.3) is 0 Å². The first-order valence-electron chi connectivity index (χ1n) is 8.44. The van der Waals surface area contributed by atoms with E-state index in [0.717, 1.165) is 24.4 Å². The molecule has 0 aliphatic carbocycles. The second kappa shape index (κ2) is 7.70. The number of carbonyl (C=O) groups is 1. The summed E-state index contributed by atoms with van der Waals surface area (Å²) in [6, 6.07) is 12.5. The number of phenolic OH excluding ortho intramolecular Hbond substituents is 1. The van der Waals surface area contributed by atoms with Crippen LogP contribution in [0, 0.1) is 16.7 Å². The highest BCUT2D eigenvalue weighted by molar-refractivity contribution is 6.31. The summed E-state index contributed by atoms with van der Waals surface area (Å²) < 4.78 is 0. The molecule has 0 radical (unpaired) electrons. The van der Waals surface area contributed by atoms with E-state index in [-0.39, 0.29) is 17.6 Å². The summed E-state index contributed by atoms with van der Waals surface area (Å²) in [6.07, 6.45) is 3.53. The molecule has 0 spiro atoms. The molecular weight excluding hydrogens is 350 g/mol. The average molecular weight is 370 g/mol. The number of rotatable bonds is 6. The quantitative estimate of drug-likeness (QED) is 0.671. The van der Waals surface area contributed by atoms with E-state index in [1.54, 1.807) is 17.0 Å². The molecule has 26 heavy (non-hydrogen) atoms. The van der Waals surface area contributed by atoms with Crippen LogP contribution in [0.2, 0.25) is 5.02 Å². The van der Waals surface area contributed by atoms with Gasteiger partial charge in [0.2, 0.25) is 5.91 Å². The van der Waals surface area contributed by atoms with Gasteiger partial charge in [-0.2, -0.15) is 0 Å². The zero-order valence-corrected chi connectivity index (χ0v) is 14.9. The standard InChI is InChI=1S/C20H20ClN3O2/c21-18-4-2-1-3-13(18)9-14-7-8-24(20(14)26)16-5-6-17(19(25)10-16)15(11-22)12-23/h1-6,10-12,14-15,22-23,25H,7-9H2. The van der Waals surface area contributed by atoms with Crippen LogP contribution in [0.1, 0.15) is 23.5 Å². The molecule has 1 amide bonds. The maximum atomic E-state index is 12.8. The predicted molar refractivity (Wildman–Crippen MR) is 104 cm³/mol. The topological polar surface area (TPSA) is 88.2 Å². The number of phenols is 1. The van der Waals surface area contributed by atoms with Crippen LogP contribution in [0.3, 0.4) is 0 Å². The lowest BCUT2D eigenvalue weighted by Crippen LogP contribution is -2.27. The second-order valence-corrected chi connectivity index (χ2v) is 6.78. The Kier molecular flexibility index (Phi) is 5.38. The van der Waals surface area contributed by atoms with E-state index in [4.69, 9.17) is 22.4 Å². The molecule has 2 aromatic rings. The average Bonchev–Trinajstić information content (AvgIpc) is 3.00. The Morgan fingerprint density at radius 3 is 2.62 bits per heavy atom. The first-order valence-corrected chi connectivity index (χ1v) is 8.81. The number of hydrogen-bond donors (Lipinski definition) is 3. The second-order valence-electron chi connectivity index (χ2n) is 6.37. The Bertz CT molecular complexity index is 845. The van der Waals surface area contributed by atoms with Gasteiger partial charge in [-0.15, -0.1) is 0 Å². The summed E-state index contributed by atoms with van der Waals surface area (Å²) in [6.45, 7) is 0.589. The van der Waals surface area contributed by atoms with Gasteiger partial charge in [0, 0.05) is 47.2 Å². The molecule has 1 unspecified atom stereocenters. The van der Waals surface area contributed by atoms with Gasteiger partial charge in [-0.25, -0.2) is 0 Å². The van der Waals surface area contributed by atoms with Crippen molar-refractivity contribution in [2.45, 2.75) is 18.8 Å². The molecule has 2 aromatic carbocycles. The molecule has 1 atom stereocenters. The Hall–Kier alpha value is -2.66. The molecule has 0 saturated carbocycles. The van der Waals surface area contributed by atoms with Crippen molar-refractivity contribution in [1.29, 1.82) is 10.8 Å². The monoisotopic (exact) mass is 369 g/mol. The third-order valence-electron chi connectivity index (χ3n) is 4.78. The SMILES string of the molecule is N=CC(C=N)c1ccc(N2CCC(Cc3ccccc3Cl)C2=O)cc1O. The number of carbonyl (C=O) groups excluding carboxylic acids is 1. The smallest absolute Gasteiger partial charge is 0.230 e. The number of nitrogens with one attached hydrogen (secondary N) is 2. The van der Waals surface area contributed by atoms with Gasteiger partial charge < -0.3 is 20.8 Å². The lowest BCUT2D eigenvalue weighted by atomic mass is 9.98. The molecule has 1 fully saturated rings. The molecule has 1 aliphatic rings. The van der Waals surface area contributed by atoms with E-state index in [9.17, 15) is 9.90 Å². The van der Waals surface area contributed by atoms with Crippen LogP contribution in [0.15, 0.2) is 42.5 Å². The zero-order chi connectivity index (χ0) is 18.7. The molecule has 0 bridgehead atoms. The van der Waals surface area contributed by atoms with Crippen molar-refractivity contribution in [3.05, 3.63) is 58.6 Å². The largest absolute Gasteiger partial charge is 0.508 e. The normalized spacial score (nSPS) is 18.0. The molecule has 3 rings (SSSR count). The highest BCUT2D eigenvalue weighted by Gasteiger charge is 2.33. The fourth-order valence-corrected chi connectivity index (χ4v) is 3.54. The number of hydrogen-bond acceptors (Lipinski definition) is 4. The van der Waals surface area contributed by atoms with Crippen LogP contribution in [-0.2, 0) is 11.2 Å². The van der Waals surface area contributed by atoms with Gasteiger partial charge in [-0.05, 0) is 30.5 Å². The van der Waals surface area contributed by atoms with E-state index in [1.807, 2.05) is 24.3 Å². The van der Waals surface area contributed by atoms with Crippen molar-refractivity contribution in [2.24, 2.45) is 5.92 Å². The Labute approximate surface area is 157 Å². The summed E-state index contributed by atoms with van der Waals surface area (Å²) in [5.74, 6) is -0.687. The Morgan fingerprint density at radius 2 is 1.96 bits per heavy atom. The summed E-state index contributed by atoms with van der Waals surface area (Å²) in [7, 11) is 0. The molecule has 3 N–H and O–H groups in total. The van der Waals surface area contributed by atoms with Crippen molar-refractivity contribution in [3.63, 3.8) is 0 Å². The molecule has 1 saturated heterocycles. The van der Waals surface area contributed by atoms with Gasteiger partial charge in [-0.1, -0.05) is 35.9 Å². The van der Waals surface area contributed by atoms with Crippen LogP contribution in [0.4, 0.5) is 5.69 Å². The van der Waals surface area contributed by atoms with Gasteiger partial charge in [-0.3, -0.25) is 4.79 Å². The number of nitrogens with zero attached hydrogens (tertiary/aromatic N) is 1. The molecule has 5 nitrogen and oxygen atoms in total. The lowest BCUT2D eigenvalue weighted by Gasteiger charge is -2.19. The zero-order valence-electron chi connectivity index (χ0n) is 14.2. The number of halogens is 1. The maximum Gasteiger partial charge on any atom is 0.230 e. The van der Waals surface area contributed by atoms with Crippen LogP contribution >= 0.6 is 11.6 Å². The summed E-state index contributed by atoms with van der Waals surface area (Å²) in [4.78, 5) is 14.5. The van der Waals surface area contributed by atoms with Crippen LogP contribution in [0.5, 0.6) is 5.75 Å². The van der Waals surface area contributed by atoms with Crippen LogP contribution in [-0.4, -0.2) is 30.0 Å². The van der Waals surface area contributed by atoms with E-state index >= 15 is 0 Å². The molecule has 134 valence electrons. The van der Waals surface area contributed by atoms with Gasteiger partial charge in [0.05, 0.1) is 5.92 Å². The first-order chi connectivity index (χ1) is 12.5. The van der Waals surface area contributed by atoms with Crippen molar-refractivity contribution >= 4 is 35.6 Å². The summed E-state index contributed by atoms with van der Waals surface area (Å²) in [5, 5.41) is 25.6. The number of benzene rings is 2. The highest BCUT2D eigenvalue weighted by Crippen LogP contribution is 2.33. The molecule has 1 heterocycles. The van der Waals surface area contributed by atoms with Gasteiger partial charge in [0.1, 0.15) is 5.75 Å². The molecule has 6 heteroatoms. The molecule has 1 aliphatic heterocycles. The highest BCUT2D eigenvalue weighted by atomic mass is 35.5. The van der Waals surface area contributed by atoms with E-state index in [2.05, 4.69) is 0 Å². The van der Waals surface area contributed by atoms with Crippen LogP contribution < -0.4 is 4.90 Å². The van der Waals surface area contributed by atoms with Gasteiger partial charge >= 0.3 is 0 Å². The fourth-order valence-electron chi connectivity index (χ4n) is 3.32. The third-order valence-corrected chi connectivity index (χ3v) is 5.15. The maximum absolute atomic E-state index is 12.8. The Balaban J connectivity index is 1.78.